The first-order chi connectivity index (χ1) is 14.1. The molecule has 0 bridgehead atoms. The van der Waals surface area contributed by atoms with Crippen LogP contribution < -0.4 is 10.6 Å². The minimum Gasteiger partial charge on any atom is -0.481 e. The number of hydrogen-bond donors (Lipinski definition) is 3. The normalized spacial score (nSPS) is 12.3. The second kappa shape index (κ2) is 10.6. The standard InChI is InChI=1S/C21H30N2O8/c1-20(2,3)30-17(26)15(23-19(28)31-21(4,5)6)12-29-18(27)22-14-9-7-13(8-10-14)11-16(24)25/h7-10,15H,11-12H2,1-6H3,(H,22,27)(H,23,28)(H,24,25). The summed E-state index contributed by atoms with van der Waals surface area (Å²) < 4.78 is 15.4. The van der Waals surface area contributed by atoms with Gasteiger partial charge in [-0.05, 0) is 59.2 Å². The molecule has 0 aliphatic rings. The van der Waals surface area contributed by atoms with Crippen LogP contribution in [0, 0.1) is 0 Å². The molecule has 1 aromatic carbocycles. The molecular weight excluding hydrogens is 408 g/mol. The molecule has 0 aliphatic heterocycles. The Morgan fingerprint density at radius 1 is 0.903 bits per heavy atom. The van der Waals surface area contributed by atoms with Crippen LogP contribution in [0.25, 0.3) is 0 Å². The lowest BCUT2D eigenvalue weighted by Gasteiger charge is -2.26. The molecule has 10 nitrogen and oxygen atoms in total. The number of hydrogen-bond acceptors (Lipinski definition) is 7. The number of carboxylic acids is 1. The van der Waals surface area contributed by atoms with Crippen molar-refractivity contribution in [3.8, 4) is 0 Å². The van der Waals surface area contributed by atoms with Gasteiger partial charge in [0.1, 0.15) is 17.8 Å². The highest BCUT2D eigenvalue weighted by Gasteiger charge is 2.30. The van der Waals surface area contributed by atoms with E-state index in [0.717, 1.165) is 0 Å². The number of benzene rings is 1. The van der Waals surface area contributed by atoms with Gasteiger partial charge in [0, 0.05) is 5.69 Å². The number of rotatable bonds is 7. The van der Waals surface area contributed by atoms with Crippen molar-refractivity contribution in [1.29, 1.82) is 0 Å². The van der Waals surface area contributed by atoms with Crippen LogP contribution in [0.5, 0.6) is 0 Å². The number of carboxylic acid groups (broad SMARTS) is 1. The minimum absolute atomic E-state index is 0.140. The summed E-state index contributed by atoms with van der Waals surface area (Å²) in [5.74, 6) is -1.75. The average molecular weight is 438 g/mol. The summed E-state index contributed by atoms with van der Waals surface area (Å²) in [6.45, 7) is 9.50. The predicted molar refractivity (Wildman–Crippen MR) is 112 cm³/mol. The van der Waals surface area contributed by atoms with Gasteiger partial charge in [-0.1, -0.05) is 12.1 Å². The number of amides is 2. The molecular formula is C21H30N2O8. The van der Waals surface area contributed by atoms with Gasteiger partial charge in [-0.2, -0.15) is 0 Å². The molecule has 31 heavy (non-hydrogen) atoms. The molecule has 0 heterocycles. The van der Waals surface area contributed by atoms with Crippen LogP contribution >= 0.6 is 0 Å². The second-order valence-corrected chi connectivity index (χ2v) is 8.72. The lowest BCUT2D eigenvalue weighted by atomic mass is 10.1. The molecule has 1 unspecified atom stereocenters. The third-order valence-electron chi connectivity index (χ3n) is 3.32. The van der Waals surface area contributed by atoms with Crippen LogP contribution in [0.15, 0.2) is 24.3 Å². The van der Waals surface area contributed by atoms with Crippen molar-refractivity contribution in [3.05, 3.63) is 29.8 Å². The van der Waals surface area contributed by atoms with E-state index < -0.39 is 48.0 Å². The molecule has 0 saturated carbocycles. The number of nitrogens with one attached hydrogen (secondary N) is 2. The van der Waals surface area contributed by atoms with Crippen LogP contribution in [0.3, 0.4) is 0 Å². The van der Waals surface area contributed by atoms with Crippen LogP contribution in [0.4, 0.5) is 15.3 Å². The lowest BCUT2D eigenvalue weighted by Crippen LogP contribution is -2.48. The van der Waals surface area contributed by atoms with Crippen molar-refractivity contribution in [1.82, 2.24) is 5.32 Å². The molecule has 1 rings (SSSR count). The van der Waals surface area contributed by atoms with Gasteiger partial charge in [-0.25, -0.2) is 14.4 Å². The number of aliphatic carboxylic acids is 1. The number of carbonyl (C=O) groups excluding carboxylic acids is 3. The summed E-state index contributed by atoms with van der Waals surface area (Å²) in [7, 11) is 0. The first-order valence-corrected chi connectivity index (χ1v) is 9.61. The number of carbonyl (C=O) groups is 4. The third-order valence-corrected chi connectivity index (χ3v) is 3.32. The zero-order chi connectivity index (χ0) is 23.8. The maximum atomic E-state index is 12.4. The molecule has 10 heteroatoms. The van der Waals surface area contributed by atoms with Crippen molar-refractivity contribution in [2.75, 3.05) is 11.9 Å². The molecule has 1 aromatic rings. The molecule has 172 valence electrons. The Bertz CT molecular complexity index is 791. The molecule has 0 spiro atoms. The molecule has 0 aromatic heterocycles. The fourth-order valence-electron chi connectivity index (χ4n) is 2.18. The van der Waals surface area contributed by atoms with E-state index >= 15 is 0 Å². The highest BCUT2D eigenvalue weighted by molar-refractivity contribution is 5.86. The fraction of sp³-hybridized carbons (Fsp3) is 0.524. The summed E-state index contributed by atoms with van der Waals surface area (Å²) in [5.41, 5.74) is -0.663. The summed E-state index contributed by atoms with van der Waals surface area (Å²) in [4.78, 5) is 47.2. The number of ether oxygens (including phenoxy) is 3. The second-order valence-electron chi connectivity index (χ2n) is 8.72. The van der Waals surface area contributed by atoms with Gasteiger partial charge in [0.2, 0.25) is 0 Å². The monoisotopic (exact) mass is 438 g/mol. The lowest BCUT2D eigenvalue weighted by molar-refractivity contribution is -0.158. The predicted octanol–water partition coefficient (Wildman–Crippen LogP) is 3.10. The fourth-order valence-corrected chi connectivity index (χ4v) is 2.18. The maximum absolute atomic E-state index is 12.4. The number of esters is 1. The first kappa shape index (κ1) is 25.7. The van der Waals surface area contributed by atoms with Crippen LogP contribution in [-0.2, 0) is 30.2 Å². The maximum Gasteiger partial charge on any atom is 0.411 e. The zero-order valence-corrected chi connectivity index (χ0v) is 18.6. The highest BCUT2D eigenvalue weighted by Crippen LogP contribution is 2.12. The van der Waals surface area contributed by atoms with Gasteiger partial charge in [0.05, 0.1) is 6.42 Å². The van der Waals surface area contributed by atoms with E-state index in [9.17, 15) is 19.2 Å². The third kappa shape index (κ3) is 11.5. The number of alkyl carbamates (subject to hydrolysis) is 1. The minimum atomic E-state index is -1.28. The van der Waals surface area contributed by atoms with Gasteiger partial charge in [0.25, 0.3) is 0 Å². The van der Waals surface area contributed by atoms with E-state index in [1.165, 1.54) is 12.1 Å². The summed E-state index contributed by atoms with van der Waals surface area (Å²) in [6.07, 6.45) is -1.87. The largest absolute Gasteiger partial charge is 0.481 e. The van der Waals surface area contributed by atoms with Crippen LogP contribution in [0.1, 0.15) is 47.1 Å². The van der Waals surface area contributed by atoms with Gasteiger partial charge < -0.3 is 24.6 Å². The first-order valence-electron chi connectivity index (χ1n) is 9.61. The molecule has 0 fully saturated rings. The molecule has 1 atom stereocenters. The van der Waals surface area contributed by atoms with Crippen molar-refractivity contribution >= 4 is 29.8 Å². The van der Waals surface area contributed by atoms with Crippen molar-refractivity contribution in [3.63, 3.8) is 0 Å². The molecule has 2 amide bonds. The Balaban J connectivity index is 2.72. The Morgan fingerprint density at radius 3 is 1.94 bits per heavy atom. The van der Waals surface area contributed by atoms with Gasteiger partial charge in [-0.15, -0.1) is 0 Å². The Hall–Kier alpha value is -3.30. The number of anilines is 1. The molecule has 0 saturated heterocycles. The Kier molecular flexibility index (Phi) is 8.84. The average Bonchev–Trinajstić information content (AvgIpc) is 2.56. The smallest absolute Gasteiger partial charge is 0.411 e. The van der Waals surface area contributed by atoms with E-state index in [2.05, 4.69) is 10.6 Å². The van der Waals surface area contributed by atoms with E-state index in [1.807, 2.05) is 0 Å². The van der Waals surface area contributed by atoms with Gasteiger partial charge in [-0.3, -0.25) is 10.1 Å². The summed E-state index contributed by atoms with van der Waals surface area (Å²) >= 11 is 0. The van der Waals surface area contributed by atoms with Crippen LogP contribution in [0.2, 0.25) is 0 Å². The summed E-state index contributed by atoms with van der Waals surface area (Å²) in [6, 6.07) is 4.86. The van der Waals surface area contributed by atoms with Crippen LogP contribution in [-0.4, -0.2) is 53.1 Å². The highest BCUT2D eigenvalue weighted by atomic mass is 16.6. The van der Waals surface area contributed by atoms with E-state index in [0.29, 0.717) is 11.3 Å². The Morgan fingerprint density at radius 2 is 1.45 bits per heavy atom. The molecule has 0 radical (unpaired) electrons. The van der Waals surface area contributed by atoms with Crippen molar-refractivity contribution < 1.29 is 38.5 Å². The SMILES string of the molecule is CC(C)(C)OC(=O)NC(COC(=O)Nc1ccc(CC(=O)O)cc1)C(=O)OC(C)(C)C. The summed E-state index contributed by atoms with van der Waals surface area (Å²) in [5, 5.41) is 13.6. The Labute approximate surface area is 181 Å². The van der Waals surface area contributed by atoms with E-state index in [1.54, 1.807) is 53.7 Å². The molecule has 0 aliphatic carbocycles. The van der Waals surface area contributed by atoms with Crippen molar-refractivity contribution in [2.24, 2.45) is 0 Å². The molecule has 3 N–H and O–H groups in total. The van der Waals surface area contributed by atoms with Gasteiger partial charge >= 0.3 is 24.1 Å². The quantitative estimate of drug-likeness (QED) is 0.436. The zero-order valence-electron chi connectivity index (χ0n) is 18.6. The van der Waals surface area contributed by atoms with Crippen molar-refractivity contribution in [2.45, 2.75) is 65.2 Å². The topological polar surface area (TPSA) is 140 Å². The van der Waals surface area contributed by atoms with Gasteiger partial charge in [0.15, 0.2) is 6.04 Å². The van der Waals surface area contributed by atoms with E-state index in [-0.39, 0.29) is 6.42 Å². The van der Waals surface area contributed by atoms with E-state index in [4.69, 9.17) is 19.3 Å².